The zero-order chi connectivity index (χ0) is 19.7. The van der Waals surface area contributed by atoms with Crippen LogP contribution in [0.15, 0.2) is 73.3 Å². The summed E-state index contributed by atoms with van der Waals surface area (Å²) in [5.41, 5.74) is 4.06. The van der Waals surface area contributed by atoms with Crippen LogP contribution < -0.4 is 0 Å². The maximum atomic E-state index is 4.74. The highest BCUT2D eigenvalue weighted by Gasteiger charge is 2.17. The summed E-state index contributed by atoms with van der Waals surface area (Å²) in [7, 11) is 0. The van der Waals surface area contributed by atoms with E-state index < -0.39 is 0 Å². The number of aromatic nitrogens is 6. The second-order valence-corrected chi connectivity index (χ2v) is 8.19. The van der Waals surface area contributed by atoms with E-state index in [-0.39, 0.29) is 0 Å². The average Bonchev–Trinajstić information content (AvgIpc) is 3.32. The first-order valence-corrected chi connectivity index (χ1v) is 10.3. The molecule has 0 saturated carbocycles. The molecule has 0 fully saturated rings. The summed E-state index contributed by atoms with van der Waals surface area (Å²) in [5, 5.41) is 3.63. The summed E-state index contributed by atoms with van der Waals surface area (Å²) in [6.45, 7) is 0. The predicted octanol–water partition coefficient (Wildman–Crippen LogP) is 5.28. The normalized spacial score (nSPS) is 12.0. The van der Waals surface area contributed by atoms with E-state index in [9.17, 15) is 0 Å². The summed E-state index contributed by atoms with van der Waals surface area (Å²) < 4.78 is 4.63. The minimum atomic E-state index is 0.525. The van der Waals surface area contributed by atoms with Gasteiger partial charge in [0, 0.05) is 44.1 Å². The van der Waals surface area contributed by atoms with Gasteiger partial charge < -0.3 is 0 Å². The predicted molar refractivity (Wildman–Crippen MR) is 120 cm³/mol. The molecular weight excluding hydrogens is 392 g/mol. The van der Waals surface area contributed by atoms with Crippen LogP contribution in [0, 0.1) is 0 Å². The molecule has 6 nitrogen and oxygen atoms in total. The molecule has 7 rings (SSSR count). The number of hydrogen-bond donors (Lipinski definition) is 0. The molecule has 0 atom stereocenters. The van der Waals surface area contributed by atoms with Gasteiger partial charge in [0.05, 0.1) is 22.7 Å². The lowest BCUT2D eigenvalue weighted by Gasteiger charge is -2.06. The minimum Gasteiger partial charge on any atom is -0.291 e. The average molecular weight is 404 g/mol. The molecular formula is C23H12N6S. The Balaban J connectivity index is 1.65. The number of thiophene rings is 1. The van der Waals surface area contributed by atoms with Gasteiger partial charge >= 0.3 is 0 Å². The Hall–Kier alpha value is -3.97. The van der Waals surface area contributed by atoms with Crippen LogP contribution in [0.2, 0.25) is 0 Å². The van der Waals surface area contributed by atoms with Gasteiger partial charge in [-0.25, -0.2) is 19.9 Å². The van der Waals surface area contributed by atoms with Gasteiger partial charge in [0.1, 0.15) is 0 Å². The smallest absolute Gasteiger partial charge is 0.199 e. The first-order valence-electron chi connectivity index (χ1n) is 9.51. The Labute approximate surface area is 173 Å². The Kier molecular flexibility index (Phi) is 3.06. The number of pyridine rings is 1. The molecule has 0 aliphatic heterocycles. The van der Waals surface area contributed by atoms with Gasteiger partial charge in [-0.2, -0.15) is 0 Å². The molecule has 7 aromatic rings. The van der Waals surface area contributed by atoms with Crippen LogP contribution in [0.25, 0.3) is 59.2 Å². The molecule has 0 amide bonds. The Bertz CT molecular complexity index is 1760. The van der Waals surface area contributed by atoms with Crippen LogP contribution in [-0.4, -0.2) is 29.5 Å². The molecule has 0 radical (unpaired) electrons. The van der Waals surface area contributed by atoms with Crippen LogP contribution in [0.4, 0.5) is 0 Å². The number of fused-ring (bicyclic) bond motifs is 7. The zero-order valence-electron chi connectivity index (χ0n) is 15.5. The summed E-state index contributed by atoms with van der Waals surface area (Å²) >= 11 is 1.80. The molecule has 5 aromatic heterocycles. The monoisotopic (exact) mass is 404 g/mol. The molecule has 5 heterocycles. The molecule has 7 heteroatoms. The highest BCUT2D eigenvalue weighted by molar-refractivity contribution is 7.25. The van der Waals surface area contributed by atoms with Crippen molar-refractivity contribution in [2.24, 2.45) is 0 Å². The lowest BCUT2D eigenvalue weighted by Crippen LogP contribution is -2.00. The quantitative estimate of drug-likeness (QED) is 0.372. The largest absolute Gasteiger partial charge is 0.291 e. The van der Waals surface area contributed by atoms with Crippen molar-refractivity contribution < 1.29 is 0 Å². The Morgan fingerprint density at radius 2 is 1.57 bits per heavy atom. The third-order valence-corrected chi connectivity index (χ3v) is 6.56. The van der Waals surface area contributed by atoms with E-state index in [1.807, 2.05) is 12.3 Å². The summed E-state index contributed by atoms with van der Waals surface area (Å²) in [4.78, 5) is 22.5. The van der Waals surface area contributed by atoms with Gasteiger partial charge in [0.25, 0.3) is 0 Å². The SMILES string of the molecule is c1ccc2c(c1)sc1cc3c(cc12)c1ncccc1n3-c1cnc2nccnc2n1. The van der Waals surface area contributed by atoms with E-state index in [1.165, 1.54) is 20.2 Å². The van der Waals surface area contributed by atoms with Crippen molar-refractivity contribution in [3.8, 4) is 5.82 Å². The number of nitrogens with zero attached hydrogens (tertiary/aromatic N) is 6. The molecule has 0 bridgehead atoms. The van der Waals surface area contributed by atoms with Gasteiger partial charge in [-0.15, -0.1) is 11.3 Å². The van der Waals surface area contributed by atoms with Gasteiger partial charge in [0.2, 0.25) is 0 Å². The van der Waals surface area contributed by atoms with E-state index in [0.717, 1.165) is 21.9 Å². The van der Waals surface area contributed by atoms with Gasteiger partial charge in [-0.05, 0) is 30.3 Å². The highest BCUT2D eigenvalue weighted by Crippen LogP contribution is 2.39. The maximum absolute atomic E-state index is 4.74. The topological polar surface area (TPSA) is 69.4 Å². The first-order chi connectivity index (χ1) is 14.9. The van der Waals surface area contributed by atoms with Gasteiger partial charge in [-0.3, -0.25) is 9.55 Å². The molecule has 30 heavy (non-hydrogen) atoms. The Morgan fingerprint density at radius 1 is 0.667 bits per heavy atom. The van der Waals surface area contributed by atoms with Crippen molar-refractivity contribution in [3.63, 3.8) is 0 Å². The summed E-state index contributed by atoms with van der Waals surface area (Å²) in [6, 6.07) is 17.0. The second kappa shape index (κ2) is 5.77. The van der Waals surface area contributed by atoms with Crippen LogP contribution >= 0.6 is 11.3 Å². The number of benzene rings is 2. The fourth-order valence-electron chi connectivity index (χ4n) is 4.15. The highest BCUT2D eigenvalue weighted by atomic mass is 32.1. The molecule has 140 valence electrons. The molecule has 0 aliphatic carbocycles. The van der Waals surface area contributed by atoms with Gasteiger partial charge in [-0.1, -0.05) is 18.2 Å². The minimum absolute atomic E-state index is 0.525. The van der Waals surface area contributed by atoms with Crippen LogP contribution in [-0.2, 0) is 0 Å². The van der Waals surface area contributed by atoms with Crippen LogP contribution in [0.5, 0.6) is 0 Å². The third kappa shape index (κ3) is 2.09. The first kappa shape index (κ1) is 15.9. The lowest BCUT2D eigenvalue weighted by molar-refractivity contribution is 1.05. The molecule has 0 unspecified atom stereocenters. The van der Waals surface area contributed by atoms with E-state index >= 15 is 0 Å². The van der Waals surface area contributed by atoms with Crippen LogP contribution in [0.3, 0.4) is 0 Å². The zero-order valence-corrected chi connectivity index (χ0v) is 16.3. The van der Waals surface area contributed by atoms with Crippen molar-refractivity contribution in [2.75, 3.05) is 0 Å². The van der Waals surface area contributed by atoms with Crippen LogP contribution in [0.1, 0.15) is 0 Å². The Morgan fingerprint density at radius 3 is 2.53 bits per heavy atom. The molecule has 0 spiro atoms. The van der Waals surface area contributed by atoms with E-state index in [1.54, 1.807) is 29.9 Å². The fraction of sp³-hybridized carbons (Fsp3) is 0. The number of rotatable bonds is 1. The van der Waals surface area contributed by atoms with Crippen molar-refractivity contribution in [2.45, 2.75) is 0 Å². The van der Waals surface area contributed by atoms with E-state index in [2.05, 4.69) is 62.0 Å². The second-order valence-electron chi connectivity index (χ2n) is 7.10. The number of hydrogen-bond acceptors (Lipinski definition) is 6. The maximum Gasteiger partial charge on any atom is 0.199 e. The third-order valence-electron chi connectivity index (χ3n) is 5.43. The van der Waals surface area contributed by atoms with Crippen molar-refractivity contribution in [3.05, 3.63) is 73.3 Å². The summed E-state index contributed by atoms with van der Waals surface area (Å²) in [6.07, 6.45) is 6.84. The molecule has 2 aromatic carbocycles. The van der Waals surface area contributed by atoms with Crippen molar-refractivity contribution in [1.29, 1.82) is 0 Å². The molecule has 0 saturated heterocycles. The van der Waals surface area contributed by atoms with E-state index in [0.29, 0.717) is 17.1 Å². The van der Waals surface area contributed by atoms with Crippen molar-refractivity contribution >= 4 is 64.7 Å². The fourth-order valence-corrected chi connectivity index (χ4v) is 5.27. The molecule has 0 aliphatic rings. The molecule has 0 N–H and O–H groups in total. The van der Waals surface area contributed by atoms with Gasteiger partial charge in [0.15, 0.2) is 17.1 Å². The van der Waals surface area contributed by atoms with E-state index in [4.69, 9.17) is 9.97 Å². The standard InChI is InChI=1S/C23H12N6S/c1-2-6-18-13(4-1)14-10-15-17(11-19(14)30-18)29(16-5-3-7-24-21(15)16)20-12-27-22-23(28-20)26-9-8-25-22/h1-12H. The van der Waals surface area contributed by atoms with Crippen molar-refractivity contribution in [1.82, 2.24) is 29.5 Å². The lowest BCUT2D eigenvalue weighted by atomic mass is 10.1. The summed E-state index contributed by atoms with van der Waals surface area (Å²) in [5.74, 6) is 0.705.